The smallest absolute Gasteiger partial charge is 0.337 e. The number of methoxy groups -OCH3 is 2. The number of anilines is 1. The number of amides is 1. The summed E-state index contributed by atoms with van der Waals surface area (Å²) in [6.45, 7) is 0.0243. The molecule has 0 aliphatic heterocycles. The minimum Gasteiger partial charge on any atom is -0.465 e. The number of nitrogens with one attached hydrogen (secondary N) is 1. The monoisotopic (exact) mass is 367 g/mol. The van der Waals surface area contributed by atoms with Gasteiger partial charge in [-0.2, -0.15) is 0 Å². The number of carbonyl (C=O) groups is 3. The predicted molar refractivity (Wildman–Crippen MR) is 97.5 cm³/mol. The third kappa shape index (κ3) is 3.95. The molecule has 0 radical (unpaired) electrons. The summed E-state index contributed by atoms with van der Waals surface area (Å²) >= 11 is 0. The third-order valence-electron chi connectivity index (χ3n) is 3.90. The van der Waals surface area contributed by atoms with E-state index in [-0.39, 0.29) is 29.3 Å². The minimum absolute atomic E-state index is 0.0243. The summed E-state index contributed by atoms with van der Waals surface area (Å²) in [5.74, 6) is -1.59. The Morgan fingerprint density at radius 2 is 1.63 bits per heavy atom. The molecule has 138 valence electrons. The van der Waals surface area contributed by atoms with E-state index in [2.05, 4.69) is 19.8 Å². The summed E-state index contributed by atoms with van der Waals surface area (Å²) in [7, 11) is 2.46. The number of esters is 2. The quantitative estimate of drug-likeness (QED) is 0.695. The van der Waals surface area contributed by atoms with E-state index in [1.807, 2.05) is 24.3 Å². The number of rotatable bonds is 5. The maximum atomic E-state index is 12.4. The van der Waals surface area contributed by atoms with Crippen molar-refractivity contribution in [3.05, 3.63) is 59.9 Å². The van der Waals surface area contributed by atoms with Gasteiger partial charge in [-0.3, -0.25) is 4.79 Å². The highest BCUT2D eigenvalue weighted by molar-refractivity contribution is 5.99. The second-order valence-corrected chi connectivity index (χ2v) is 5.69. The fraction of sp³-hybridized carbons (Fsp3) is 0.158. The van der Waals surface area contributed by atoms with Gasteiger partial charge in [-0.25, -0.2) is 14.6 Å². The number of imidazole rings is 1. The van der Waals surface area contributed by atoms with Gasteiger partial charge < -0.3 is 19.4 Å². The van der Waals surface area contributed by atoms with Gasteiger partial charge in [0.05, 0.1) is 42.7 Å². The zero-order chi connectivity index (χ0) is 19.4. The van der Waals surface area contributed by atoms with Crippen LogP contribution in [0.4, 0.5) is 5.69 Å². The Kier molecular flexibility index (Phi) is 5.16. The Balaban J connectivity index is 1.84. The SMILES string of the molecule is COC(=O)c1cc(NC(=O)Cn2cnc3ccccc32)cc(C(=O)OC)c1. The third-order valence-corrected chi connectivity index (χ3v) is 3.90. The number of para-hydroxylation sites is 2. The van der Waals surface area contributed by atoms with Crippen LogP contribution in [-0.4, -0.2) is 41.6 Å². The first-order chi connectivity index (χ1) is 13.0. The maximum Gasteiger partial charge on any atom is 0.337 e. The van der Waals surface area contributed by atoms with Gasteiger partial charge in [0.1, 0.15) is 6.54 Å². The van der Waals surface area contributed by atoms with E-state index in [1.54, 1.807) is 10.9 Å². The molecule has 0 saturated heterocycles. The molecule has 0 aliphatic carbocycles. The van der Waals surface area contributed by atoms with Crippen LogP contribution >= 0.6 is 0 Å². The van der Waals surface area contributed by atoms with E-state index in [4.69, 9.17) is 0 Å². The Hall–Kier alpha value is -3.68. The zero-order valence-electron chi connectivity index (χ0n) is 14.8. The van der Waals surface area contributed by atoms with Gasteiger partial charge >= 0.3 is 11.9 Å². The highest BCUT2D eigenvalue weighted by atomic mass is 16.5. The van der Waals surface area contributed by atoms with Crippen molar-refractivity contribution in [3.8, 4) is 0 Å². The van der Waals surface area contributed by atoms with E-state index < -0.39 is 11.9 Å². The van der Waals surface area contributed by atoms with E-state index in [1.165, 1.54) is 32.4 Å². The fourth-order valence-electron chi connectivity index (χ4n) is 2.66. The van der Waals surface area contributed by atoms with Crippen LogP contribution in [0.5, 0.6) is 0 Å². The highest BCUT2D eigenvalue weighted by Gasteiger charge is 2.15. The number of ether oxygens (including phenoxy) is 2. The highest BCUT2D eigenvalue weighted by Crippen LogP contribution is 2.18. The van der Waals surface area contributed by atoms with Crippen molar-refractivity contribution >= 4 is 34.6 Å². The molecule has 0 saturated carbocycles. The van der Waals surface area contributed by atoms with Crippen molar-refractivity contribution in [1.82, 2.24) is 9.55 Å². The molecule has 0 spiro atoms. The zero-order valence-corrected chi connectivity index (χ0v) is 14.8. The molecule has 1 amide bonds. The summed E-state index contributed by atoms with van der Waals surface area (Å²) in [5.41, 5.74) is 2.15. The van der Waals surface area contributed by atoms with Crippen molar-refractivity contribution in [1.29, 1.82) is 0 Å². The average Bonchev–Trinajstić information content (AvgIpc) is 3.09. The molecule has 0 aliphatic rings. The Bertz CT molecular complexity index is 991. The Morgan fingerprint density at radius 1 is 1.00 bits per heavy atom. The van der Waals surface area contributed by atoms with Crippen molar-refractivity contribution in [2.75, 3.05) is 19.5 Å². The molecule has 1 N–H and O–H groups in total. The van der Waals surface area contributed by atoms with Gasteiger partial charge in [0.15, 0.2) is 0 Å². The topological polar surface area (TPSA) is 99.5 Å². The lowest BCUT2D eigenvalue weighted by Crippen LogP contribution is -2.19. The molecule has 0 atom stereocenters. The number of benzene rings is 2. The summed E-state index contributed by atoms with van der Waals surface area (Å²) < 4.78 is 11.1. The number of hydrogen-bond donors (Lipinski definition) is 1. The van der Waals surface area contributed by atoms with Crippen molar-refractivity contribution in [2.45, 2.75) is 6.54 Å². The van der Waals surface area contributed by atoms with Crippen LogP contribution in [0.15, 0.2) is 48.8 Å². The van der Waals surface area contributed by atoms with Crippen LogP contribution in [0.1, 0.15) is 20.7 Å². The van der Waals surface area contributed by atoms with Gasteiger partial charge in [0.25, 0.3) is 0 Å². The lowest BCUT2D eigenvalue weighted by Gasteiger charge is -2.10. The molecule has 1 heterocycles. The van der Waals surface area contributed by atoms with Crippen LogP contribution < -0.4 is 5.32 Å². The molecule has 0 unspecified atom stereocenters. The predicted octanol–water partition coefficient (Wildman–Crippen LogP) is 2.25. The van der Waals surface area contributed by atoms with Gasteiger partial charge in [-0.05, 0) is 30.3 Å². The van der Waals surface area contributed by atoms with Crippen LogP contribution in [0.25, 0.3) is 11.0 Å². The van der Waals surface area contributed by atoms with Gasteiger partial charge in [0, 0.05) is 5.69 Å². The average molecular weight is 367 g/mol. The normalized spacial score (nSPS) is 10.4. The molecule has 0 bridgehead atoms. The first-order valence-corrected chi connectivity index (χ1v) is 8.03. The molecule has 1 aromatic heterocycles. The summed E-state index contributed by atoms with van der Waals surface area (Å²) in [4.78, 5) is 40.3. The lowest BCUT2D eigenvalue weighted by atomic mass is 10.1. The Morgan fingerprint density at radius 3 is 2.26 bits per heavy atom. The molecular weight excluding hydrogens is 350 g/mol. The molecule has 8 nitrogen and oxygen atoms in total. The minimum atomic E-state index is -0.628. The molecule has 8 heteroatoms. The van der Waals surface area contributed by atoms with E-state index in [9.17, 15) is 14.4 Å². The first kappa shape index (κ1) is 18.1. The van der Waals surface area contributed by atoms with E-state index >= 15 is 0 Å². The summed E-state index contributed by atoms with van der Waals surface area (Å²) in [5, 5.41) is 2.68. The van der Waals surface area contributed by atoms with E-state index in [0.717, 1.165) is 11.0 Å². The number of fused-ring (bicyclic) bond motifs is 1. The number of carbonyl (C=O) groups excluding carboxylic acids is 3. The van der Waals surface area contributed by atoms with Crippen molar-refractivity contribution in [3.63, 3.8) is 0 Å². The maximum absolute atomic E-state index is 12.4. The molecule has 0 fully saturated rings. The second-order valence-electron chi connectivity index (χ2n) is 5.69. The van der Waals surface area contributed by atoms with Crippen LogP contribution in [0.2, 0.25) is 0 Å². The number of aromatic nitrogens is 2. The van der Waals surface area contributed by atoms with Gasteiger partial charge in [-0.1, -0.05) is 12.1 Å². The van der Waals surface area contributed by atoms with Gasteiger partial charge in [-0.15, -0.1) is 0 Å². The molecule has 3 rings (SSSR count). The van der Waals surface area contributed by atoms with Crippen LogP contribution in [0, 0.1) is 0 Å². The molecule has 2 aromatic carbocycles. The number of hydrogen-bond acceptors (Lipinski definition) is 6. The molecular formula is C19H17N3O5. The summed E-state index contributed by atoms with van der Waals surface area (Å²) in [6, 6.07) is 11.7. The standard InChI is InChI=1S/C19H17N3O5/c1-26-18(24)12-7-13(19(25)27-2)9-14(8-12)21-17(23)10-22-11-20-15-5-3-4-6-16(15)22/h3-9,11H,10H2,1-2H3,(H,21,23). The summed E-state index contributed by atoms with van der Waals surface area (Å²) in [6.07, 6.45) is 1.58. The van der Waals surface area contributed by atoms with Crippen molar-refractivity contribution < 1.29 is 23.9 Å². The molecule has 3 aromatic rings. The van der Waals surface area contributed by atoms with Crippen LogP contribution in [0.3, 0.4) is 0 Å². The van der Waals surface area contributed by atoms with E-state index in [0.29, 0.717) is 0 Å². The molecule has 27 heavy (non-hydrogen) atoms. The van der Waals surface area contributed by atoms with Crippen molar-refractivity contribution in [2.24, 2.45) is 0 Å². The second kappa shape index (κ2) is 7.69. The number of nitrogens with zero attached hydrogens (tertiary/aromatic N) is 2. The largest absolute Gasteiger partial charge is 0.465 e. The fourth-order valence-corrected chi connectivity index (χ4v) is 2.66. The first-order valence-electron chi connectivity index (χ1n) is 8.03. The Labute approximate surface area is 154 Å². The van der Waals surface area contributed by atoms with Gasteiger partial charge in [0.2, 0.25) is 5.91 Å². The lowest BCUT2D eigenvalue weighted by molar-refractivity contribution is -0.116. The van der Waals surface area contributed by atoms with Crippen LogP contribution in [-0.2, 0) is 20.8 Å².